The zero-order chi connectivity index (χ0) is 13.5. The van der Waals surface area contributed by atoms with Gasteiger partial charge < -0.3 is 5.32 Å². The Morgan fingerprint density at radius 3 is 2.56 bits per heavy atom. The smallest absolute Gasteiger partial charge is 0.230 e. The monoisotopic (exact) mass is 305 g/mol. The Hall–Kier alpha value is -0.380. The first kappa shape index (κ1) is 15.7. The van der Waals surface area contributed by atoms with Gasteiger partial charge in [0.15, 0.2) is 0 Å². The van der Waals surface area contributed by atoms with Crippen LogP contribution in [-0.4, -0.2) is 17.7 Å². The molecule has 100 valence electrons. The van der Waals surface area contributed by atoms with Crippen LogP contribution >= 0.6 is 35.0 Å². The van der Waals surface area contributed by atoms with Crippen molar-refractivity contribution in [2.24, 2.45) is 0 Å². The van der Waals surface area contributed by atoms with E-state index in [4.69, 9.17) is 23.2 Å². The quantitative estimate of drug-likeness (QED) is 0.856. The largest absolute Gasteiger partial charge is 0.353 e. The number of nitrogens with one attached hydrogen (secondary N) is 1. The normalized spacial score (nSPS) is 12.2. The number of hydrogen-bond donors (Lipinski definition) is 1. The number of thioether (sulfide) groups is 1. The Bertz CT molecular complexity index is 392. The molecule has 1 atom stereocenters. The molecule has 0 spiro atoms. The summed E-state index contributed by atoms with van der Waals surface area (Å²) in [6, 6.07) is 5.65. The lowest BCUT2D eigenvalue weighted by atomic mass is 10.2. The van der Waals surface area contributed by atoms with E-state index in [1.807, 2.05) is 32.0 Å². The third-order valence-electron chi connectivity index (χ3n) is 2.56. The molecular weight excluding hydrogens is 289 g/mol. The molecule has 0 saturated heterocycles. The van der Waals surface area contributed by atoms with Crippen LogP contribution in [0.15, 0.2) is 18.2 Å². The van der Waals surface area contributed by atoms with Gasteiger partial charge in [0.25, 0.3) is 0 Å². The van der Waals surface area contributed by atoms with Gasteiger partial charge in [-0.1, -0.05) is 36.2 Å². The number of hydrogen-bond acceptors (Lipinski definition) is 2. The van der Waals surface area contributed by atoms with E-state index in [0.29, 0.717) is 21.6 Å². The first-order chi connectivity index (χ1) is 8.54. The molecule has 1 unspecified atom stereocenters. The minimum absolute atomic E-state index is 0.0533. The van der Waals surface area contributed by atoms with Gasteiger partial charge >= 0.3 is 0 Å². The summed E-state index contributed by atoms with van der Waals surface area (Å²) in [5.74, 6) is 1.12. The fourth-order valence-corrected chi connectivity index (χ4v) is 2.91. The molecule has 0 aliphatic rings. The highest BCUT2D eigenvalue weighted by molar-refractivity contribution is 7.99. The molecule has 1 amide bonds. The van der Waals surface area contributed by atoms with Gasteiger partial charge in [-0.15, -0.1) is 11.8 Å². The maximum atomic E-state index is 11.6. The van der Waals surface area contributed by atoms with Crippen LogP contribution in [0.3, 0.4) is 0 Å². The molecule has 18 heavy (non-hydrogen) atoms. The summed E-state index contributed by atoms with van der Waals surface area (Å²) >= 11 is 13.6. The molecule has 0 aliphatic heterocycles. The van der Waals surface area contributed by atoms with Gasteiger partial charge in [-0.2, -0.15) is 0 Å². The number of carbonyl (C=O) groups excluding carboxylic acids is 1. The Kier molecular flexibility index (Phi) is 6.90. The van der Waals surface area contributed by atoms with E-state index in [0.717, 1.165) is 12.0 Å². The van der Waals surface area contributed by atoms with Crippen LogP contribution in [0.4, 0.5) is 0 Å². The van der Waals surface area contributed by atoms with E-state index in [2.05, 4.69) is 5.32 Å². The molecule has 2 nitrogen and oxygen atoms in total. The van der Waals surface area contributed by atoms with Gasteiger partial charge in [-0.3, -0.25) is 4.79 Å². The van der Waals surface area contributed by atoms with Gasteiger partial charge in [0.05, 0.1) is 5.75 Å². The topological polar surface area (TPSA) is 29.1 Å². The molecule has 0 aromatic heterocycles. The van der Waals surface area contributed by atoms with E-state index in [9.17, 15) is 4.79 Å². The molecule has 1 N–H and O–H groups in total. The first-order valence-corrected chi connectivity index (χ1v) is 7.75. The third kappa shape index (κ3) is 5.09. The lowest BCUT2D eigenvalue weighted by molar-refractivity contribution is -0.119. The second-order valence-corrected chi connectivity index (χ2v) is 5.87. The van der Waals surface area contributed by atoms with E-state index >= 15 is 0 Å². The standard InChI is InChI=1S/C13H17Cl2NOS/c1-3-9(2)16-13(17)8-18-7-10-11(14)5-4-6-12(10)15/h4-6,9H,3,7-8H2,1-2H3,(H,16,17). The summed E-state index contributed by atoms with van der Waals surface area (Å²) in [5.41, 5.74) is 0.891. The van der Waals surface area contributed by atoms with Crippen molar-refractivity contribution >= 4 is 40.9 Å². The summed E-state index contributed by atoms with van der Waals surface area (Å²) < 4.78 is 0. The lowest BCUT2D eigenvalue weighted by Crippen LogP contribution is -2.33. The van der Waals surface area contributed by atoms with Crippen LogP contribution in [0.5, 0.6) is 0 Å². The first-order valence-electron chi connectivity index (χ1n) is 5.84. The zero-order valence-electron chi connectivity index (χ0n) is 10.5. The van der Waals surface area contributed by atoms with E-state index < -0.39 is 0 Å². The molecule has 0 saturated carbocycles. The predicted octanol–water partition coefficient (Wildman–Crippen LogP) is 4.14. The minimum Gasteiger partial charge on any atom is -0.353 e. The van der Waals surface area contributed by atoms with E-state index in [-0.39, 0.29) is 11.9 Å². The fourth-order valence-electron chi connectivity index (χ4n) is 1.33. The van der Waals surface area contributed by atoms with Crippen LogP contribution in [0.2, 0.25) is 10.0 Å². The number of halogens is 2. The molecule has 0 bridgehead atoms. The minimum atomic E-state index is 0.0533. The van der Waals surface area contributed by atoms with Gasteiger partial charge in [-0.25, -0.2) is 0 Å². The average molecular weight is 306 g/mol. The van der Waals surface area contributed by atoms with Crippen molar-refractivity contribution < 1.29 is 4.79 Å². The van der Waals surface area contributed by atoms with Gasteiger partial charge in [0.1, 0.15) is 0 Å². The Morgan fingerprint density at radius 2 is 2.00 bits per heavy atom. The predicted molar refractivity (Wildman–Crippen MR) is 80.5 cm³/mol. The molecule has 0 heterocycles. The molecule has 5 heteroatoms. The van der Waals surface area contributed by atoms with Crippen molar-refractivity contribution in [1.82, 2.24) is 5.32 Å². The Balaban J connectivity index is 2.40. The van der Waals surface area contributed by atoms with Crippen molar-refractivity contribution in [3.05, 3.63) is 33.8 Å². The summed E-state index contributed by atoms with van der Waals surface area (Å²) in [7, 11) is 0. The molecule has 0 radical (unpaired) electrons. The summed E-state index contributed by atoms with van der Waals surface area (Å²) in [4.78, 5) is 11.6. The van der Waals surface area contributed by atoms with Crippen LogP contribution in [0.1, 0.15) is 25.8 Å². The van der Waals surface area contributed by atoms with Crippen molar-refractivity contribution in [2.75, 3.05) is 5.75 Å². The molecule has 1 aromatic rings. The highest BCUT2D eigenvalue weighted by atomic mass is 35.5. The van der Waals surface area contributed by atoms with Gasteiger partial charge in [-0.05, 0) is 31.0 Å². The fraction of sp³-hybridized carbons (Fsp3) is 0.462. The molecule has 0 fully saturated rings. The van der Waals surface area contributed by atoms with Crippen LogP contribution in [0.25, 0.3) is 0 Å². The second kappa shape index (κ2) is 7.93. The average Bonchev–Trinajstić information content (AvgIpc) is 2.32. The SMILES string of the molecule is CCC(C)NC(=O)CSCc1c(Cl)cccc1Cl. The second-order valence-electron chi connectivity index (χ2n) is 4.07. The van der Waals surface area contributed by atoms with E-state index in [1.54, 1.807) is 0 Å². The summed E-state index contributed by atoms with van der Waals surface area (Å²) in [6.45, 7) is 4.04. The Morgan fingerprint density at radius 1 is 1.39 bits per heavy atom. The highest BCUT2D eigenvalue weighted by Crippen LogP contribution is 2.28. The summed E-state index contributed by atoms with van der Waals surface area (Å²) in [5, 5.41) is 4.22. The number of amides is 1. The third-order valence-corrected chi connectivity index (χ3v) is 4.23. The highest BCUT2D eigenvalue weighted by Gasteiger charge is 2.08. The summed E-state index contributed by atoms with van der Waals surface area (Å²) in [6.07, 6.45) is 0.937. The van der Waals surface area contributed by atoms with E-state index in [1.165, 1.54) is 11.8 Å². The Labute approximate surface area is 122 Å². The van der Waals surface area contributed by atoms with Crippen molar-refractivity contribution in [2.45, 2.75) is 32.1 Å². The van der Waals surface area contributed by atoms with Crippen molar-refractivity contribution in [3.8, 4) is 0 Å². The maximum Gasteiger partial charge on any atom is 0.230 e. The van der Waals surface area contributed by atoms with Gasteiger partial charge in [0, 0.05) is 21.8 Å². The van der Waals surface area contributed by atoms with Gasteiger partial charge in [0.2, 0.25) is 5.91 Å². The number of benzene rings is 1. The van der Waals surface area contributed by atoms with Crippen molar-refractivity contribution in [1.29, 1.82) is 0 Å². The lowest BCUT2D eigenvalue weighted by Gasteiger charge is -2.11. The van der Waals surface area contributed by atoms with Crippen molar-refractivity contribution in [3.63, 3.8) is 0 Å². The molecular formula is C13H17Cl2NOS. The number of carbonyl (C=O) groups is 1. The zero-order valence-corrected chi connectivity index (χ0v) is 12.8. The van der Waals surface area contributed by atoms with Crippen LogP contribution in [-0.2, 0) is 10.5 Å². The molecule has 0 aliphatic carbocycles. The number of rotatable bonds is 6. The molecule has 1 aromatic carbocycles. The maximum absolute atomic E-state index is 11.6. The van der Waals surface area contributed by atoms with Crippen LogP contribution in [0, 0.1) is 0 Å². The van der Waals surface area contributed by atoms with Crippen LogP contribution < -0.4 is 5.32 Å². The molecule has 1 rings (SSSR count).